The molecule has 0 aliphatic rings. The summed E-state index contributed by atoms with van der Waals surface area (Å²) >= 11 is 6.08. The molecule has 2 rings (SSSR count). The molecule has 18 heavy (non-hydrogen) atoms. The van der Waals surface area contributed by atoms with Crippen LogP contribution in [0, 0.1) is 6.92 Å². The minimum Gasteiger partial charge on any atom is -0.313 e. The number of benzene rings is 1. The number of rotatable bonds is 4. The molecule has 0 aliphatic carbocycles. The van der Waals surface area contributed by atoms with E-state index in [-0.39, 0.29) is 6.04 Å². The number of aryl methyl sites for hydroxylation is 1. The van der Waals surface area contributed by atoms with E-state index in [9.17, 15) is 0 Å². The summed E-state index contributed by atoms with van der Waals surface area (Å²) < 4.78 is 0. The molecule has 0 fully saturated rings. The third kappa shape index (κ3) is 3.09. The van der Waals surface area contributed by atoms with Gasteiger partial charge in [-0.15, -0.1) is 0 Å². The van der Waals surface area contributed by atoms with Gasteiger partial charge < -0.3 is 5.32 Å². The second kappa shape index (κ2) is 5.98. The van der Waals surface area contributed by atoms with Crippen molar-refractivity contribution < 1.29 is 0 Å². The summed E-state index contributed by atoms with van der Waals surface area (Å²) in [7, 11) is 1.97. The smallest absolute Gasteiger partial charge is 0.0422 e. The molecule has 0 spiro atoms. The van der Waals surface area contributed by atoms with Crippen LogP contribution < -0.4 is 5.32 Å². The fourth-order valence-corrected chi connectivity index (χ4v) is 2.26. The minimum atomic E-state index is 0.235. The van der Waals surface area contributed by atoms with Crippen molar-refractivity contribution in [1.29, 1.82) is 0 Å². The highest BCUT2D eigenvalue weighted by Crippen LogP contribution is 2.24. The molecule has 1 aromatic heterocycles. The van der Waals surface area contributed by atoms with Crippen molar-refractivity contribution in [2.45, 2.75) is 19.4 Å². The molecule has 0 radical (unpaired) electrons. The van der Waals surface area contributed by atoms with E-state index >= 15 is 0 Å². The van der Waals surface area contributed by atoms with Gasteiger partial charge in [0.15, 0.2) is 0 Å². The number of hydrogen-bond acceptors (Lipinski definition) is 2. The van der Waals surface area contributed by atoms with Gasteiger partial charge in [-0.1, -0.05) is 23.7 Å². The molecule has 94 valence electrons. The van der Waals surface area contributed by atoms with E-state index in [1.54, 1.807) is 0 Å². The van der Waals surface area contributed by atoms with Crippen LogP contribution in [0.2, 0.25) is 5.02 Å². The van der Waals surface area contributed by atoms with Crippen LogP contribution in [0.3, 0.4) is 0 Å². The molecule has 0 saturated heterocycles. The number of aromatic nitrogens is 1. The summed E-state index contributed by atoms with van der Waals surface area (Å²) in [5.74, 6) is 0. The van der Waals surface area contributed by atoms with Gasteiger partial charge in [-0.25, -0.2) is 0 Å². The zero-order valence-corrected chi connectivity index (χ0v) is 11.4. The Kier molecular flexibility index (Phi) is 4.34. The van der Waals surface area contributed by atoms with Crippen molar-refractivity contribution in [2.24, 2.45) is 0 Å². The molecule has 3 heteroatoms. The summed E-state index contributed by atoms with van der Waals surface area (Å²) in [6.45, 7) is 2.11. The van der Waals surface area contributed by atoms with E-state index in [2.05, 4.69) is 23.3 Å². The molecular weight excluding hydrogens is 244 g/mol. The first kappa shape index (κ1) is 13.1. The molecule has 1 atom stereocenters. The lowest BCUT2D eigenvalue weighted by molar-refractivity contribution is 0.581. The largest absolute Gasteiger partial charge is 0.313 e. The number of likely N-dealkylation sites (N-methyl/N-ethyl adjacent to an activating group) is 1. The Morgan fingerprint density at radius 1 is 1.28 bits per heavy atom. The van der Waals surface area contributed by atoms with Crippen molar-refractivity contribution in [3.05, 3.63) is 64.4 Å². The molecule has 0 bridgehead atoms. The Morgan fingerprint density at radius 3 is 2.78 bits per heavy atom. The molecule has 0 amide bonds. The highest BCUT2D eigenvalue weighted by atomic mass is 35.5. The van der Waals surface area contributed by atoms with Gasteiger partial charge >= 0.3 is 0 Å². The fraction of sp³-hybridized carbons (Fsp3) is 0.267. The Bertz CT molecular complexity index is 511. The van der Waals surface area contributed by atoms with E-state index < -0.39 is 0 Å². The molecule has 0 aliphatic heterocycles. The maximum absolute atomic E-state index is 6.08. The van der Waals surface area contributed by atoms with Gasteiger partial charge in [0.05, 0.1) is 0 Å². The van der Waals surface area contributed by atoms with Crippen LogP contribution in [0.5, 0.6) is 0 Å². The lowest BCUT2D eigenvalue weighted by Gasteiger charge is -2.18. The molecular formula is C15H17ClN2. The van der Waals surface area contributed by atoms with Gasteiger partial charge in [0.1, 0.15) is 0 Å². The molecule has 1 unspecified atom stereocenters. The first-order valence-corrected chi connectivity index (χ1v) is 6.41. The number of pyridine rings is 1. The van der Waals surface area contributed by atoms with Crippen molar-refractivity contribution >= 4 is 11.6 Å². The van der Waals surface area contributed by atoms with Crippen molar-refractivity contribution in [1.82, 2.24) is 10.3 Å². The Hall–Kier alpha value is -1.38. The van der Waals surface area contributed by atoms with Gasteiger partial charge in [0.25, 0.3) is 0 Å². The quantitative estimate of drug-likeness (QED) is 0.910. The van der Waals surface area contributed by atoms with Gasteiger partial charge in [0, 0.05) is 29.4 Å². The topological polar surface area (TPSA) is 24.9 Å². The van der Waals surface area contributed by atoms with Gasteiger partial charge in [-0.05, 0) is 49.4 Å². The highest BCUT2D eigenvalue weighted by Gasteiger charge is 2.13. The predicted octanol–water partition coefficient (Wildman–Crippen LogP) is 3.55. The summed E-state index contributed by atoms with van der Waals surface area (Å²) in [6, 6.07) is 12.2. The number of nitrogens with one attached hydrogen (secondary N) is 1. The van der Waals surface area contributed by atoms with Crippen LogP contribution in [0.25, 0.3) is 0 Å². The van der Waals surface area contributed by atoms with Gasteiger partial charge in [-0.2, -0.15) is 0 Å². The molecule has 2 aromatic rings. The van der Waals surface area contributed by atoms with Crippen LogP contribution >= 0.6 is 11.6 Å². The zero-order valence-electron chi connectivity index (χ0n) is 10.7. The molecule has 1 aromatic carbocycles. The van der Waals surface area contributed by atoms with E-state index in [4.69, 9.17) is 11.6 Å². The average Bonchev–Trinajstić information content (AvgIpc) is 2.40. The summed E-state index contributed by atoms with van der Waals surface area (Å²) in [5.41, 5.74) is 3.56. The molecule has 2 nitrogen and oxygen atoms in total. The summed E-state index contributed by atoms with van der Waals surface area (Å²) in [6.07, 6.45) is 2.69. The van der Waals surface area contributed by atoms with E-state index in [0.29, 0.717) is 0 Å². The predicted molar refractivity (Wildman–Crippen MR) is 75.9 cm³/mol. The first-order valence-electron chi connectivity index (χ1n) is 6.04. The standard InChI is InChI=1S/C15H17ClN2/c1-11-6-7-12(16)9-14(11)15(17-2)10-13-5-3-4-8-18-13/h3-9,15,17H,10H2,1-2H3. The van der Waals surface area contributed by atoms with Crippen LogP contribution in [0.4, 0.5) is 0 Å². The maximum Gasteiger partial charge on any atom is 0.0422 e. The van der Waals surface area contributed by atoms with Gasteiger partial charge in [-0.3, -0.25) is 4.98 Å². The second-order valence-electron chi connectivity index (χ2n) is 4.37. The van der Waals surface area contributed by atoms with Crippen LogP contribution in [-0.2, 0) is 6.42 Å². The molecule has 0 saturated carbocycles. The highest BCUT2D eigenvalue weighted by molar-refractivity contribution is 6.30. The number of halogens is 1. The Labute approximate surface area is 113 Å². The van der Waals surface area contributed by atoms with Crippen molar-refractivity contribution in [3.8, 4) is 0 Å². The van der Waals surface area contributed by atoms with E-state index in [1.807, 2.05) is 43.6 Å². The van der Waals surface area contributed by atoms with E-state index in [0.717, 1.165) is 17.1 Å². The fourth-order valence-electron chi connectivity index (χ4n) is 2.08. The van der Waals surface area contributed by atoms with Gasteiger partial charge in [0.2, 0.25) is 0 Å². The normalized spacial score (nSPS) is 12.4. The number of hydrogen-bond donors (Lipinski definition) is 1. The monoisotopic (exact) mass is 260 g/mol. The molecule has 1 N–H and O–H groups in total. The summed E-state index contributed by atoms with van der Waals surface area (Å²) in [5, 5.41) is 4.11. The number of nitrogens with zero attached hydrogens (tertiary/aromatic N) is 1. The Morgan fingerprint density at radius 2 is 2.11 bits per heavy atom. The van der Waals surface area contributed by atoms with Crippen LogP contribution in [0.1, 0.15) is 22.9 Å². The lowest BCUT2D eigenvalue weighted by atomic mass is 9.97. The Balaban J connectivity index is 2.26. The van der Waals surface area contributed by atoms with Crippen LogP contribution in [-0.4, -0.2) is 12.0 Å². The third-order valence-electron chi connectivity index (χ3n) is 3.10. The van der Waals surface area contributed by atoms with Crippen molar-refractivity contribution in [2.75, 3.05) is 7.05 Å². The maximum atomic E-state index is 6.08. The minimum absolute atomic E-state index is 0.235. The lowest BCUT2D eigenvalue weighted by Crippen LogP contribution is -2.20. The van der Waals surface area contributed by atoms with Crippen LogP contribution in [0.15, 0.2) is 42.6 Å². The SMILES string of the molecule is CNC(Cc1ccccn1)c1cc(Cl)ccc1C. The zero-order chi connectivity index (χ0) is 13.0. The summed E-state index contributed by atoms with van der Waals surface area (Å²) in [4.78, 5) is 4.37. The third-order valence-corrected chi connectivity index (χ3v) is 3.34. The second-order valence-corrected chi connectivity index (χ2v) is 4.80. The first-order chi connectivity index (χ1) is 8.70. The average molecular weight is 261 g/mol. The van der Waals surface area contributed by atoms with E-state index in [1.165, 1.54) is 11.1 Å². The molecule has 1 heterocycles. The van der Waals surface area contributed by atoms with Crippen molar-refractivity contribution in [3.63, 3.8) is 0 Å².